The van der Waals surface area contributed by atoms with Crippen LogP contribution in [0.15, 0.2) is 24.3 Å². The Morgan fingerprint density at radius 1 is 1.30 bits per heavy atom. The number of alkyl halides is 2. The minimum absolute atomic E-state index is 0.244. The van der Waals surface area contributed by atoms with E-state index in [1.165, 1.54) is 0 Å². The van der Waals surface area contributed by atoms with Gasteiger partial charge >= 0.3 is 6.61 Å². The van der Waals surface area contributed by atoms with Crippen LogP contribution in [-0.2, 0) is 0 Å². The third kappa shape index (κ3) is 4.15. The van der Waals surface area contributed by atoms with Crippen LogP contribution in [0, 0.1) is 0 Å². The van der Waals surface area contributed by atoms with Gasteiger partial charge in [0.25, 0.3) is 0 Å². The molecular formula is C15H22F2N2O. The molecule has 1 aromatic carbocycles. The van der Waals surface area contributed by atoms with Crippen LogP contribution >= 0.6 is 0 Å². The molecule has 1 saturated heterocycles. The van der Waals surface area contributed by atoms with E-state index in [2.05, 4.69) is 21.9 Å². The predicted molar refractivity (Wildman–Crippen MR) is 75.2 cm³/mol. The van der Waals surface area contributed by atoms with Crippen molar-refractivity contribution in [2.45, 2.75) is 32.4 Å². The summed E-state index contributed by atoms with van der Waals surface area (Å²) in [5.41, 5.74) is 1.06. The number of nitrogens with zero attached hydrogens (tertiary/aromatic N) is 1. The van der Waals surface area contributed by atoms with E-state index in [1.54, 1.807) is 18.2 Å². The van der Waals surface area contributed by atoms with Gasteiger partial charge in [-0.2, -0.15) is 8.78 Å². The minimum Gasteiger partial charge on any atom is -0.435 e. The van der Waals surface area contributed by atoms with E-state index in [-0.39, 0.29) is 11.8 Å². The van der Waals surface area contributed by atoms with Gasteiger partial charge in [0.1, 0.15) is 5.75 Å². The van der Waals surface area contributed by atoms with Crippen LogP contribution in [0.1, 0.15) is 31.4 Å². The fourth-order valence-electron chi connectivity index (χ4n) is 2.73. The van der Waals surface area contributed by atoms with Gasteiger partial charge in [-0.15, -0.1) is 0 Å². The molecule has 20 heavy (non-hydrogen) atoms. The van der Waals surface area contributed by atoms with E-state index in [0.29, 0.717) is 0 Å². The average Bonchev–Trinajstić information content (AvgIpc) is 2.45. The van der Waals surface area contributed by atoms with Crippen LogP contribution in [0.3, 0.4) is 0 Å². The summed E-state index contributed by atoms with van der Waals surface area (Å²) >= 11 is 0. The summed E-state index contributed by atoms with van der Waals surface area (Å²) in [6, 6.07) is 7.40. The van der Waals surface area contributed by atoms with Crippen LogP contribution in [0.2, 0.25) is 0 Å². The van der Waals surface area contributed by atoms with Crippen molar-refractivity contribution >= 4 is 0 Å². The van der Waals surface area contributed by atoms with Crippen molar-refractivity contribution in [3.05, 3.63) is 29.8 Å². The second-order valence-electron chi connectivity index (χ2n) is 5.04. The van der Waals surface area contributed by atoms with Crippen molar-refractivity contribution in [3.63, 3.8) is 0 Å². The number of piperazine rings is 1. The lowest BCUT2D eigenvalue weighted by Crippen LogP contribution is -2.45. The van der Waals surface area contributed by atoms with E-state index in [1.807, 2.05) is 6.07 Å². The van der Waals surface area contributed by atoms with Crippen LogP contribution < -0.4 is 10.1 Å². The molecule has 1 N–H and O–H groups in total. The lowest BCUT2D eigenvalue weighted by atomic mass is 9.99. The second-order valence-corrected chi connectivity index (χ2v) is 5.04. The molecule has 0 aromatic heterocycles. The predicted octanol–water partition coefficient (Wildman–Crippen LogP) is 3.03. The minimum atomic E-state index is -2.77. The Kier molecular flexibility index (Phi) is 5.73. The molecule has 0 aliphatic carbocycles. The molecular weight excluding hydrogens is 262 g/mol. The molecule has 112 valence electrons. The third-order valence-electron chi connectivity index (χ3n) is 3.62. The smallest absolute Gasteiger partial charge is 0.387 e. The maximum atomic E-state index is 12.3. The molecule has 0 spiro atoms. The zero-order valence-electron chi connectivity index (χ0n) is 11.8. The normalized spacial score (nSPS) is 18.2. The Labute approximate surface area is 118 Å². The lowest BCUT2D eigenvalue weighted by Gasteiger charge is -2.35. The van der Waals surface area contributed by atoms with Crippen LogP contribution in [0.4, 0.5) is 8.78 Å². The standard InChI is InChI=1S/C15H22F2N2O/c1-2-4-14(19-9-7-18-8-10-19)12-5-3-6-13(11-12)20-15(16)17/h3,5-6,11,14-15,18H,2,4,7-10H2,1H3/t14-/m0/s1. The summed E-state index contributed by atoms with van der Waals surface area (Å²) in [5, 5.41) is 3.34. The highest BCUT2D eigenvalue weighted by molar-refractivity contribution is 5.30. The highest BCUT2D eigenvalue weighted by Gasteiger charge is 2.21. The number of hydrogen-bond donors (Lipinski definition) is 1. The Morgan fingerprint density at radius 3 is 2.70 bits per heavy atom. The number of benzene rings is 1. The van der Waals surface area contributed by atoms with Crippen molar-refractivity contribution in [2.75, 3.05) is 26.2 Å². The Morgan fingerprint density at radius 2 is 2.05 bits per heavy atom. The first-order chi connectivity index (χ1) is 9.70. The Balaban J connectivity index is 2.15. The van der Waals surface area contributed by atoms with Gasteiger partial charge in [0.15, 0.2) is 0 Å². The maximum absolute atomic E-state index is 12.3. The Hall–Kier alpha value is -1.20. The molecule has 0 unspecified atom stereocenters. The Bertz CT molecular complexity index is 409. The van der Waals surface area contributed by atoms with E-state index in [4.69, 9.17) is 0 Å². The topological polar surface area (TPSA) is 24.5 Å². The van der Waals surface area contributed by atoms with Crippen molar-refractivity contribution < 1.29 is 13.5 Å². The molecule has 1 atom stereocenters. The van der Waals surface area contributed by atoms with Gasteiger partial charge in [0, 0.05) is 32.2 Å². The fraction of sp³-hybridized carbons (Fsp3) is 0.600. The summed E-state index contributed by atoms with van der Waals surface area (Å²) in [4.78, 5) is 2.42. The molecule has 1 aliphatic rings. The van der Waals surface area contributed by atoms with E-state index >= 15 is 0 Å². The van der Waals surface area contributed by atoms with Crippen LogP contribution in [0.25, 0.3) is 0 Å². The van der Waals surface area contributed by atoms with Gasteiger partial charge in [-0.1, -0.05) is 25.5 Å². The number of ether oxygens (including phenoxy) is 1. The summed E-state index contributed by atoms with van der Waals surface area (Å²) < 4.78 is 29.1. The monoisotopic (exact) mass is 284 g/mol. The largest absolute Gasteiger partial charge is 0.435 e. The SMILES string of the molecule is CCC[C@@H](c1cccc(OC(F)F)c1)N1CCNCC1. The molecule has 5 heteroatoms. The lowest BCUT2D eigenvalue weighted by molar-refractivity contribution is -0.0499. The fourth-order valence-corrected chi connectivity index (χ4v) is 2.73. The van der Waals surface area contributed by atoms with Gasteiger partial charge < -0.3 is 10.1 Å². The molecule has 0 bridgehead atoms. The molecule has 1 aliphatic heterocycles. The molecule has 1 heterocycles. The zero-order valence-corrected chi connectivity index (χ0v) is 11.8. The molecule has 2 rings (SSSR count). The molecule has 0 radical (unpaired) electrons. The van der Waals surface area contributed by atoms with Gasteiger partial charge in [-0.25, -0.2) is 0 Å². The maximum Gasteiger partial charge on any atom is 0.387 e. The zero-order chi connectivity index (χ0) is 14.4. The van der Waals surface area contributed by atoms with E-state index in [0.717, 1.165) is 44.6 Å². The van der Waals surface area contributed by atoms with Crippen LogP contribution in [-0.4, -0.2) is 37.7 Å². The number of nitrogens with one attached hydrogen (secondary N) is 1. The van der Waals surface area contributed by atoms with Crippen LogP contribution in [0.5, 0.6) is 5.75 Å². The molecule has 0 amide bonds. The van der Waals surface area contributed by atoms with Crippen molar-refractivity contribution in [2.24, 2.45) is 0 Å². The first-order valence-electron chi connectivity index (χ1n) is 7.20. The van der Waals surface area contributed by atoms with Crippen molar-refractivity contribution in [3.8, 4) is 5.75 Å². The summed E-state index contributed by atoms with van der Waals surface area (Å²) in [6.07, 6.45) is 2.09. The second kappa shape index (κ2) is 7.55. The first-order valence-corrected chi connectivity index (χ1v) is 7.20. The third-order valence-corrected chi connectivity index (χ3v) is 3.62. The first kappa shape index (κ1) is 15.2. The van der Waals surface area contributed by atoms with Crippen molar-refractivity contribution in [1.29, 1.82) is 0 Å². The average molecular weight is 284 g/mol. The quantitative estimate of drug-likeness (QED) is 0.869. The van der Waals surface area contributed by atoms with E-state index < -0.39 is 6.61 Å². The van der Waals surface area contributed by atoms with Gasteiger partial charge in [-0.05, 0) is 24.1 Å². The van der Waals surface area contributed by atoms with Gasteiger partial charge in [0.2, 0.25) is 0 Å². The van der Waals surface area contributed by atoms with Crippen molar-refractivity contribution in [1.82, 2.24) is 10.2 Å². The molecule has 1 aromatic rings. The summed E-state index contributed by atoms with van der Waals surface area (Å²) in [5.74, 6) is 0.244. The molecule has 0 saturated carbocycles. The highest BCUT2D eigenvalue weighted by Crippen LogP contribution is 2.29. The molecule has 3 nitrogen and oxygen atoms in total. The highest BCUT2D eigenvalue weighted by atomic mass is 19.3. The summed E-state index contributed by atoms with van der Waals surface area (Å²) in [7, 11) is 0. The summed E-state index contributed by atoms with van der Waals surface area (Å²) in [6.45, 7) is 3.32. The van der Waals surface area contributed by atoms with Gasteiger partial charge in [-0.3, -0.25) is 4.90 Å². The van der Waals surface area contributed by atoms with E-state index in [9.17, 15) is 8.78 Å². The van der Waals surface area contributed by atoms with Gasteiger partial charge in [0.05, 0.1) is 0 Å². The number of hydrogen-bond acceptors (Lipinski definition) is 3. The number of halogens is 2. The molecule has 1 fully saturated rings. The number of rotatable bonds is 6.